The Balaban J connectivity index is 2.36. The molecule has 0 aliphatic carbocycles. The van der Waals surface area contributed by atoms with E-state index < -0.39 is 0 Å². The average Bonchev–Trinajstić information content (AvgIpc) is 1.81. The highest BCUT2D eigenvalue weighted by Gasteiger charge is 2.38. The van der Waals surface area contributed by atoms with Gasteiger partial charge in [0.05, 0.1) is 0 Å². The molecule has 1 aliphatic heterocycles. The zero-order valence-electron chi connectivity index (χ0n) is 6.22. The van der Waals surface area contributed by atoms with Crippen LogP contribution in [0.3, 0.4) is 0 Å². The van der Waals surface area contributed by atoms with E-state index in [9.17, 15) is 0 Å². The Morgan fingerprint density at radius 1 is 1.33 bits per heavy atom. The molecule has 1 fully saturated rings. The van der Waals surface area contributed by atoms with Gasteiger partial charge in [-0.2, -0.15) is 5.06 Å². The SMILES string of the molecule is CCC1(CC)CN(O)C1. The second-order valence-corrected chi connectivity index (χ2v) is 3.03. The second-order valence-electron chi connectivity index (χ2n) is 3.03. The van der Waals surface area contributed by atoms with Crippen molar-refractivity contribution in [3.05, 3.63) is 0 Å². The predicted octanol–water partition coefficient (Wildman–Crippen LogP) is 1.50. The van der Waals surface area contributed by atoms with Gasteiger partial charge in [-0.1, -0.05) is 13.8 Å². The summed E-state index contributed by atoms with van der Waals surface area (Å²) in [5.41, 5.74) is 0.453. The maximum atomic E-state index is 8.88. The van der Waals surface area contributed by atoms with Crippen molar-refractivity contribution >= 4 is 0 Å². The Bertz CT molecular complexity index is 91.1. The van der Waals surface area contributed by atoms with Crippen LogP contribution in [0, 0.1) is 5.41 Å². The van der Waals surface area contributed by atoms with Gasteiger partial charge < -0.3 is 5.21 Å². The molecule has 2 heteroatoms. The van der Waals surface area contributed by atoms with Crippen molar-refractivity contribution in [3.8, 4) is 0 Å². The van der Waals surface area contributed by atoms with Crippen LogP contribution in [0.4, 0.5) is 0 Å². The molecule has 1 saturated heterocycles. The summed E-state index contributed by atoms with van der Waals surface area (Å²) in [6, 6.07) is 0. The van der Waals surface area contributed by atoms with E-state index in [4.69, 9.17) is 5.21 Å². The van der Waals surface area contributed by atoms with Crippen LogP contribution in [-0.2, 0) is 0 Å². The molecule has 1 N–H and O–H groups in total. The maximum absolute atomic E-state index is 8.88. The highest BCUT2D eigenvalue weighted by atomic mass is 16.5. The minimum atomic E-state index is 0.453. The van der Waals surface area contributed by atoms with Gasteiger partial charge in [0, 0.05) is 13.1 Å². The third kappa shape index (κ3) is 1.10. The minimum absolute atomic E-state index is 0.453. The quantitative estimate of drug-likeness (QED) is 0.610. The van der Waals surface area contributed by atoms with Gasteiger partial charge in [-0.3, -0.25) is 0 Å². The van der Waals surface area contributed by atoms with E-state index in [-0.39, 0.29) is 0 Å². The lowest BCUT2D eigenvalue weighted by Crippen LogP contribution is -2.53. The number of hydrogen-bond acceptors (Lipinski definition) is 2. The molecule has 0 spiro atoms. The zero-order chi connectivity index (χ0) is 6.91. The van der Waals surface area contributed by atoms with Crippen LogP contribution in [0.1, 0.15) is 26.7 Å². The first-order valence-corrected chi connectivity index (χ1v) is 3.66. The van der Waals surface area contributed by atoms with Crippen LogP contribution < -0.4 is 0 Å². The summed E-state index contributed by atoms with van der Waals surface area (Å²) in [6.07, 6.45) is 2.39. The van der Waals surface area contributed by atoms with Crippen LogP contribution >= 0.6 is 0 Å². The van der Waals surface area contributed by atoms with Crippen LogP contribution in [-0.4, -0.2) is 23.4 Å². The van der Waals surface area contributed by atoms with Crippen LogP contribution in [0.15, 0.2) is 0 Å². The standard InChI is InChI=1S/C7H15NO/c1-3-7(4-2)5-8(9)6-7/h9H,3-6H2,1-2H3. The Kier molecular flexibility index (Phi) is 1.78. The Morgan fingerprint density at radius 2 is 1.78 bits per heavy atom. The van der Waals surface area contributed by atoms with Gasteiger partial charge in [0.1, 0.15) is 0 Å². The van der Waals surface area contributed by atoms with Crippen LogP contribution in [0.25, 0.3) is 0 Å². The second kappa shape index (κ2) is 2.27. The van der Waals surface area contributed by atoms with Crippen LogP contribution in [0.5, 0.6) is 0 Å². The van der Waals surface area contributed by atoms with Crippen molar-refractivity contribution in [3.63, 3.8) is 0 Å². The first-order valence-electron chi connectivity index (χ1n) is 3.66. The smallest absolute Gasteiger partial charge is 0.0307 e. The van der Waals surface area contributed by atoms with Crippen molar-refractivity contribution in [2.75, 3.05) is 13.1 Å². The van der Waals surface area contributed by atoms with Gasteiger partial charge in [-0.25, -0.2) is 0 Å². The van der Waals surface area contributed by atoms with Crippen molar-refractivity contribution in [1.82, 2.24) is 5.06 Å². The Morgan fingerprint density at radius 3 is 1.89 bits per heavy atom. The molecule has 0 bridgehead atoms. The molecule has 0 unspecified atom stereocenters. The lowest BCUT2D eigenvalue weighted by atomic mass is 9.76. The fourth-order valence-corrected chi connectivity index (χ4v) is 1.43. The summed E-state index contributed by atoms with van der Waals surface area (Å²) < 4.78 is 0. The summed E-state index contributed by atoms with van der Waals surface area (Å²) in [6.45, 7) is 6.13. The maximum Gasteiger partial charge on any atom is 0.0307 e. The molecule has 0 saturated carbocycles. The first kappa shape index (κ1) is 7.03. The van der Waals surface area contributed by atoms with E-state index in [1.165, 1.54) is 17.9 Å². The topological polar surface area (TPSA) is 23.5 Å². The van der Waals surface area contributed by atoms with Crippen LogP contribution in [0.2, 0.25) is 0 Å². The van der Waals surface area contributed by atoms with Gasteiger partial charge in [0.2, 0.25) is 0 Å². The first-order chi connectivity index (χ1) is 4.22. The molecule has 0 amide bonds. The molecule has 1 heterocycles. The molecule has 0 radical (unpaired) electrons. The van der Waals surface area contributed by atoms with Crippen molar-refractivity contribution in [2.45, 2.75) is 26.7 Å². The molecule has 1 rings (SSSR count). The number of hydroxylamine groups is 2. The number of hydrogen-bond donors (Lipinski definition) is 1. The van der Waals surface area contributed by atoms with Gasteiger partial charge in [-0.05, 0) is 18.3 Å². The summed E-state index contributed by atoms with van der Waals surface area (Å²) in [7, 11) is 0. The van der Waals surface area contributed by atoms with E-state index in [0.717, 1.165) is 13.1 Å². The van der Waals surface area contributed by atoms with Gasteiger partial charge in [-0.15, -0.1) is 0 Å². The fraction of sp³-hybridized carbons (Fsp3) is 1.00. The Labute approximate surface area is 56.4 Å². The predicted molar refractivity (Wildman–Crippen MR) is 36.4 cm³/mol. The molecule has 9 heavy (non-hydrogen) atoms. The number of nitrogens with zero attached hydrogens (tertiary/aromatic N) is 1. The summed E-state index contributed by atoms with van der Waals surface area (Å²) in [5.74, 6) is 0. The molecule has 1 aliphatic rings. The van der Waals surface area contributed by atoms with Gasteiger partial charge in [0.15, 0.2) is 0 Å². The largest absolute Gasteiger partial charge is 0.314 e. The molecule has 0 aromatic rings. The van der Waals surface area contributed by atoms with E-state index in [0.29, 0.717) is 5.41 Å². The lowest BCUT2D eigenvalue weighted by molar-refractivity contribution is -0.209. The fourth-order valence-electron chi connectivity index (χ4n) is 1.43. The van der Waals surface area contributed by atoms with Crippen molar-refractivity contribution < 1.29 is 5.21 Å². The molecule has 0 aromatic carbocycles. The highest BCUT2D eigenvalue weighted by molar-refractivity contribution is 4.88. The zero-order valence-corrected chi connectivity index (χ0v) is 6.22. The van der Waals surface area contributed by atoms with Crippen molar-refractivity contribution in [1.29, 1.82) is 0 Å². The molecule has 0 atom stereocenters. The van der Waals surface area contributed by atoms with E-state index in [2.05, 4.69) is 13.8 Å². The molecule has 54 valence electrons. The Hall–Kier alpha value is -0.0800. The summed E-state index contributed by atoms with van der Waals surface area (Å²) in [5, 5.41) is 10.3. The van der Waals surface area contributed by atoms with E-state index >= 15 is 0 Å². The van der Waals surface area contributed by atoms with Crippen molar-refractivity contribution in [2.24, 2.45) is 5.41 Å². The van der Waals surface area contributed by atoms with Gasteiger partial charge >= 0.3 is 0 Å². The van der Waals surface area contributed by atoms with Gasteiger partial charge in [0.25, 0.3) is 0 Å². The normalized spacial score (nSPS) is 25.7. The monoisotopic (exact) mass is 129 g/mol. The van der Waals surface area contributed by atoms with E-state index in [1.807, 2.05) is 0 Å². The third-order valence-corrected chi connectivity index (χ3v) is 2.54. The number of rotatable bonds is 2. The molecule has 2 nitrogen and oxygen atoms in total. The van der Waals surface area contributed by atoms with E-state index in [1.54, 1.807) is 0 Å². The summed E-state index contributed by atoms with van der Waals surface area (Å²) >= 11 is 0. The molecular weight excluding hydrogens is 114 g/mol. The minimum Gasteiger partial charge on any atom is -0.314 e. The summed E-state index contributed by atoms with van der Waals surface area (Å²) in [4.78, 5) is 0. The lowest BCUT2D eigenvalue weighted by Gasteiger charge is -2.46. The molecular formula is C7H15NO. The highest BCUT2D eigenvalue weighted by Crippen LogP contribution is 2.35. The third-order valence-electron chi connectivity index (χ3n) is 2.54. The average molecular weight is 129 g/mol. The molecule has 0 aromatic heterocycles.